The minimum atomic E-state index is -4.75. The molecule has 13 heteroatoms. The fraction of sp³-hybridized carbons (Fsp3) is 0.667. The van der Waals surface area contributed by atoms with Crippen molar-refractivity contribution in [3.63, 3.8) is 0 Å². The van der Waals surface area contributed by atoms with Crippen molar-refractivity contribution in [2.75, 3.05) is 13.2 Å². The van der Waals surface area contributed by atoms with Crippen LogP contribution in [0, 0.1) is 17.2 Å². The second-order valence-electron chi connectivity index (χ2n) is 12.4. The summed E-state index contributed by atoms with van der Waals surface area (Å²) in [6, 6.07) is 4.31. The number of carbonyl (C=O) groups is 3. The van der Waals surface area contributed by atoms with E-state index in [1.54, 1.807) is 18.7 Å². The van der Waals surface area contributed by atoms with Crippen molar-refractivity contribution in [2.45, 2.75) is 113 Å². The Morgan fingerprint density at radius 1 is 1.14 bits per heavy atom. The van der Waals surface area contributed by atoms with Gasteiger partial charge in [0.1, 0.15) is 5.54 Å². The fourth-order valence-corrected chi connectivity index (χ4v) is 7.81. The number of urea groups is 1. The quantitative estimate of drug-likeness (QED) is 0.266. The standard InChI is InChI=1S/C30H39F3N4O5S/c1-18-13-20(14-19(2)35(18)17-26(38)39)11-12-42-23-8-6-22(7-9-23)36-28(41)37(27(40)29(36,3)4)43-24-10-5-21(16-34)25(15-24)30(31,32)33/h5,10,15,18-20,22-23H,6-9,11-14,17H2,1-4H3,(H,38,39). The van der Waals surface area contributed by atoms with Crippen LogP contribution in [0.4, 0.5) is 18.0 Å². The number of aliphatic carboxylic acids is 1. The van der Waals surface area contributed by atoms with Crippen LogP contribution in [0.3, 0.4) is 0 Å². The number of benzene rings is 1. The number of amides is 3. The second kappa shape index (κ2) is 13.0. The van der Waals surface area contributed by atoms with E-state index in [4.69, 9.17) is 10.00 Å². The number of carboxylic acids is 1. The Kier molecular flexibility index (Phi) is 10.0. The highest BCUT2D eigenvalue weighted by molar-refractivity contribution is 7.98. The van der Waals surface area contributed by atoms with Crippen molar-refractivity contribution in [3.05, 3.63) is 29.3 Å². The molecule has 1 saturated carbocycles. The van der Waals surface area contributed by atoms with Gasteiger partial charge in [-0.15, -0.1) is 0 Å². The lowest BCUT2D eigenvalue weighted by Crippen LogP contribution is -2.51. The van der Waals surface area contributed by atoms with Gasteiger partial charge in [-0.3, -0.25) is 14.5 Å². The van der Waals surface area contributed by atoms with Crippen LogP contribution in [-0.2, 0) is 20.5 Å². The maximum atomic E-state index is 13.5. The minimum absolute atomic E-state index is 0.0409. The Balaban J connectivity index is 1.30. The normalized spacial score (nSPS) is 28.3. The number of piperidine rings is 1. The van der Waals surface area contributed by atoms with Crippen LogP contribution in [0.15, 0.2) is 23.1 Å². The molecule has 1 aromatic rings. The van der Waals surface area contributed by atoms with E-state index < -0.39 is 40.7 Å². The Morgan fingerprint density at radius 3 is 2.33 bits per heavy atom. The predicted molar refractivity (Wildman–Crippen MR) is 153 cm³/mol. The zero-order valence-electron chi connectivity index (χ0n) is 24.9. The molecule has 2 unspecified atom stereocenters. The summed E-state index contributed by atoms with van der Waals surface area (Å²) in [5.74, 6) is -0.847. The number of carbonyl (C=O) groups excluding carboxylic acids is 2. The summed E-state index contributed by atoms with van der Waals surface area (Å²) in [5.41, 5.74) is -2.80. The number of carboxylic acid groups (broad SMARTS) is 1. The molecule has 9 nitrogen and oxygen atoms in total. The zero-order valence-corrected chi connectivity index (χ0v) is 25.7. The smallest absolute Gasteiger partial charge is 0.417 e. The number of ether oxygens (including phenoxy) is 1. The van der Waals surface area contributed by atoms with E-state index in [0.717, 1.165) is 48.5 Å². The number of halogens is 3. The highest BCUT2D eigenvalue weighted by atomic mass is 32.2. The van der Waals surface area contributed by atoms with E-state index in [2.05, 4.69) is 13.8 Å². The van der Waals surface area contributed by atoms with E-state index >= 15 is 0 Å². The number of hydrogen-bond donors (Lipinski definition) is 1. The lowest BCUT2D eigenvalue weighted by Gasteiger charge is -2.42. The monoisotopic (exact) mass is 624 g/mol. The second-order valence-corrected chi connectivity index (χ2v) is 13.4. The molecule has 4 rings (SSSR count). The van der Waals surface area contributed by atoms with E-state index in [9.17, 15) is 32.7 Å². The van der Waals surface area contributed by atoms with Gasteiger partial charge in [0.25, 0.3) is 5.91 Å². The molecule has 1 aromatic carbocycles. The number of nitrogens with zero attached hydrogens (tertiary/aromatic N) is 4. The molecule has 2 aliphatic heterocycles. The Morgan fingerprint density at radius 2 is 1.77 bits per heavy atom. The van der Waals surface area contributed by atoms with Crippen molar-refractivity contribution in [1.82, 2.24) is 14.1 Å². The SMILES string of the molecule is CC1CC(CCOC2CCC(N3C(=O)N(Sc4ccc(C#N)c(C(F)(F)F)c4)C(=O)C3(C)C)CC2)CC(C)N1CC(=O)O. The number of imide groups is 1. The summed E-state index contributed by atoms with van der Waals surface area (Å²) in [6.07, 6.45) is 0.790. The number of nitriles is 1. The maximum Gasteiger partial charge on any atom is 0.417 e. The van der Waals surface area contributed by atoms with Gasteiger partial charge in [0.2, 0.25) is 0 Å². The van der Waals surface area contributed by atoms with E-state index in [1.165, 1.54) is 12.1 Å². The summed E-state index contributed by atoms with van der Waals surface area (Å²) >= 11 is 0.642. The van der Waals surface area contributed by atoms with Crippen molar-refractivity contribution in [2.24, 2.45) is 5.92 Å². The van der Waals surface area contributed by atoms with Gasteiger partial charge in [-0.2, -0.15) is 22.7 Å². The first-order valence-corrected chi connectivity index (χ1v) is 15.5. The summed E-state index contributed by atoms with van der Waals surface area (Å²) in [4.78, 5) is 41.6. The van der Waals surface area contributed by atoms with Gasteiger partial charge in [0, 0.05) is 29.6 Å². The number of alkyl halides is 3. The first-order valence-electron chi connectivity index (χ1n) is 14.7. The van der Waals surface area contributed by atoms with Crippen molar-refractivity contribution >= 4 is 29.9 Å². The molecule has 236 valence electrons. The van der Waals surface area contributed by atoms with Crippen LogP contribution < -0.4 is 0 Å². The molecular formula is C30H39F3N4O5S. The lowest BCUT2D eigenvalue weighted by molar-refractivity contribution is -0.140. The number of rotatable bonds is 9. The summed E-state index contributed by atoms with van der Waals surface area (Å²) in [6.45, 7) is 8.12. The van der Waals surface area contributed by atoms with Gasteiger partial charge in [0.05, 0.1) is 29.8 Å². The molecule has 3 aliphatic rings. The number of likely N-dealkylation sites (tertiary alicyclic amines) is 1. The Labute approximate surface area is 254 Å². The van der Waals surface area contributed by atoms with Crippen LogP contribution >= 0.6 is 11.9 Å². The molecule has 0 bridgehead atoms. The highest BCUT2D eigenvalue weighted by Crippen LogP contribution is 2.42. The molecule has 2 atom stereocenters. The summed E-state index contributed by atoms with van der Waals surface area (Å²) < 4.78 is 47.5. The fourth-order valence-electron chi connectivity index (χ4n) is 6.83. The number of hydrogen-bond acceptors (Lipinski definition) is 7. The average molecular weight is 625 g/mol. The van der Waals surface area contributed by atoms with Gasteiger partial charge in [-0.1, -0.05) is 0 Å². The van der Waals surface area contributed by atoms with Crippen molar-refractivity contribution < 1.29 is 37.4 Å². The first-order chi connectivity index (χ1) is 20.1. The maximum absolute atomic E-state index is 13.5. The summed E-state index contributed by atoms with van der Waals surface area (Å²) in [7, 11) is 0. The third kappa shape index (κ3) is 7.29. The van der Waals surface area contributed by atoms with E-state index in [0.29, 0.717) is 37.3 Å². The van der Waals surface area contributed by atoms with Gasteiger partial charge in [-0.05, 0) is 109 Å². The topological polar surface area (TPSA) is 114 Å². The minimum Gasteiger partial charge on any atom is -0.480 e. The molecule has 43 heavy (non-hydrogen) atoms. The Bertz CT molecular complexity index is 1250. The van der Waals surface area contributed by atoms with Gasteiger partial charge < -0.3 is 14.7 Å². The Hall–Kier alpha value is -2.82. The third-order valence-corrected chi connectivity index (χ3v) is 9.96. The van der Waals surface area contributed by atoms with Crippen LogP contribution in [0.5, 0.6) is 0 Å². The molecule has 0 aromatic heterocycles. The van der Waals surface area contributed by atoms with Crippen LogP contribution in [-0.4, -0.2) is 80.0 Å². The molecule has 1 aliphatic carbocycles. The highest BCUT2D eigenvalue weighted by Gasteiger charge is 2.54. The van der Waals surface area contributed by atoms with Crippen molar-refractivity contribution in [1.29, 1.82) is 5.26 Å². The molecule has 3 fully saturated rings. The third-order valence-electron chi connectivity index (χ3n) is 8.99. The van der Waals surface area contributed by atoms with Crippen molar-refractivity contribution in [3.8, 4) is 6.07 Å². The van der Waals surface area contributed by atoms with Crippen LogP contribution in [0.2, 0.25) is 0 Å². The largest absolute Gasteiger partial charge is 0.480 e. The van der Waals surface area contributed by atoms with Gasteiger partial charge >= 0.3 is 18.2 Å². The van der Waals surface area contributed by atoms with Crippen LogP contribution in [0.25, 0.3) is 0 Å². The zero-order chi connectivity index (χ0) is 31.7. The molecule has 3 amide bonds. The first kappa shape index (κ1) is 33.1. The molecule has 2 heterocycles. The summed E-state index contributed by atoms with van der Waals surface area (Å²) in [5, 5.41) is 18.2. The molecule has 0 radical (unpaired) electrons. The lowest BCUT2D eigenvalue weighted by atomic mass is 9.85. The average Bonchev–Trinajstić information content (AvgIpc) is 3.09. The van der Waals surface area contributed by atoms with E-state index in [-0.39, 0.29) is 35.7 Å². The predicted octanol–water partition coefficient (Wildman–Crippen LogP) is 5.92. The molecule has 1 N–H and O–H groups in total. The molecule has 2 saturated heterocycles. The van der Waals surface area contributed by atoms with E-state index in [1.807, 2.05) is 4.90 Å². The van der Waals surface area contributed by atoms with Gasteiger partial charge in [-0.25, -0.2) is 4.79 Å². The molecular weight excluding hydrogens is 585 g/mol. The van der Waals surface area contributed by atoms with Gasteiger partial charge in [0.15, 0.2) is 0 Å². The molecule has 0 spiro atoms. The van der Waals surface area contributed by atoms with Crippen LogP contribution in [0.1, 0.15) is 83.8 Å².